The van der Waals surface area contributed by atoms with Gasteiger partial charge in [0, 0.05) is 5.56 Å². The third kappa shape index (κ3) is 3.87. The van der Waals surface area contributed by atoms with Gasteiger partial charge in [0.05, 0.1) is 12.3 Å². The number of hydrogen-bond donors (Lipinski definition) is 1. The number of anilines is 1. The van der Waals surface area contributed by atoms with Crippen molar-refractivity contribution in [2.24, 2.45) is 0 Å². The Kier molecular flexibility index (Phi) is 5.77. The number of hydrogen-bond acceptors (Lipinski definition) is 4. The monoisotopic (exact) mass is 428 g/mol. The van der Waals surface area contributed by atoms with Gasteiger partial charge < -0.3 is 4.74 Å². The number of benzene rings is 3. The van der Waals surface area contributed by atoms with Crippen LogP contribution in [0.2, 0.25) is 0 Å². The number of imide groups is 2. The molecule has 0 bridgehead atoms. The van der Waals surface area contributed by atoms with Crippen LogP contribution in [0.3, 0.4) is 0 Å². The van der Waals surface area contributed by atoms with Crippen molar-refractivity contribution in [2.45, 2.75) is 27.2 Å². The summed E-state index contributed by atoms with van der Waals surface area (Å²) >= 11 is 0. The van der Waals surface area contributed by atoms with Gasteiger partial charge in [-0.05, 0) is 54.8 Å². The normalized spacial score (nSPS) is 15.4. The molecule has 0 atom stereocenters. The molecule has 0 radical (unpaired) electrons. The number of barbiturate groups is 1. The fraction of sp³-hybridized carbons (Fsp3) is 0.192. The van der Waals surface area contributed by atoms with Crippen molar-refractivity contribution in [3.63, 3.8) is 0 Å². The Morgan fingerprint density at radius 1 is 1.00 bits per heavy atom. The summed E-state index contributed by atoms with van der Waals surface area (Å²) in [5.74, 6) is -0.816. The van der Waals surface area contributed by atoms with Crippen LogP contribution in [0.1, 0.15) is 30.0 Å². The Bertz CT molecular complexity index is 1280. The van der Waals surface area contributed by atoms with Crippen LogP contribution in [0.25, 0.3) is 16.8 Å². The first-order chi connectivity index (χ1) is 15.4. The van der Waals surface area contributed by atoms with E-state index in [1.807, 2.05) is 69.3 Å². The van der Waals surface area contributed by atoms with Crippen molar-refractivity contribution in [3.8, 4) is 5.75 Å². The molecule has 6 heteroatoms. The Morgan fingerprint density at radius 2 is 1.78 bits per heavy atom. The van der Waals surface area contributed by atoms with E-state index < -0.39 is 17.8 Å². The lowest BCUT2D eigenvalue weighted by atomic mass is 9.99. The topological polar surface area (TPSA) is 75.7 Å². The van der Waals surface area contributed by atoms with Crippen LogP contribution in [-0.4, -0.2) is 24.5 Å². The van der Waals surface area contributed by atoms with Crippen molar-refractivity contribution in [1.29, 1.82) is 0 Å². The maximum Gasteiger partial charge on any atom is 0.335 e. The van der Waals surface area contributed by atoms with Crippen molar-refractivity contribution >= 4 is 40.4 Å². The zero-order valence-corrected chi connectivity index (χ0v) is 18.3. The molecule has 0 spiro atoms. The Balaban J connectivity index is 1.86. The van der Waals surface area contributed by atoms with Crippen molar-refractivity contribution in [1.82, 2.24) is 5.32 Å². The Hall–Kier alpha value is -3.93. The second-order valence-electron chi connectivity index (χ2n) is 7.79. The molecule has 6 nitrogen and oxygen atoms in total. The molecule has 1 heterocycles. The molecule has 1 N–H and O–H groups in total. The van der Waals surface area contributed by atoms with Gasteiger partial charge in [-0.15, -0.1) is 0 Å². The van der Waals surface area contributed by atoms with E-state index in [4.69, 9.17) is 4.74 Å². The van der Waals surface area contributed by atoms with Gasteiger partial charge in [0.2, 0.25) is 0 Å². The summed E-state index contributed by atoms with van der Waals surface area (Å²) in [6.07, 6.45) is 2.34. The number of carbonyl (C=O) groups is 3. The van der Waals surface area contributed by atoms with Crippen LogP contribution in [0.4, 0.5) is 10.5 Å². The second kappa shape index (κ2) is 8.67. The van der Waals surface area contributed by atoms with E-state index >= 15 is 0 Å². The highest BCUT2D eigenvalue weighted by atomic mass is 16.5. The predicted octanol–water partition coefficient (Wildman–Crippen LogP) is 4.91. The number of nitrogens with one attached hydrogen (secondary N) is 1. The van der Waals surface area contributed by atoms with Crippen LogP contribution in [0, 0.1) is 13.8 Å². The van der Waals surface area contributed by atoms with Gasteiger partial charge in [-0.25, -0.2) is 9.69 Å². The first-order valence-corrected chi connectivity index (χ1v) is 10.5. The minimum Gasteiger partial charge on any atom is -0.493 e. The summed E-state index contributed by atoms with van der Waals surface area (Å²) in [5, 5.41) is 4.10. The SMILES string of the molecule is CCCOc1ccc2ccccc2c1/C=C1\C(=O)NC(=O)N(c2ccc(C)cc2C)C1=O. The minimum atomic E-state index is -0.760. The quantitative estimate of drug-likeness (QED) is 0.463. The van der Waals surface area contributed by atoms with Crippen LogP contribution >= 0.6 is 0 Å². The third-order valence-corrected chi connectivity index (χ3v) is 5.38. The highest BCUT2D eigenvalue weighted by Gasteiger charge is 2.37. The number of amides is 4. The first kappa shape index (κ1) is 21.3. The average Bonchev–Trinajstić information content (AvgIpc) is 2.76. The summed E-state index contributed by atoms with van der Waals surface area (Å²) in [6.45, 7) is 6.26. The minimum absolute atomic E-state index is 0.123. The van der Waals surface area contributed by atoms with Gasteiger partial charge in [0.15, 0.2) is 0 Å². The van der Waals surface area contributed by atoms with Gasteiger partial charge >= 0.3 is 6.03 Å². The molecule has 32 heavy (non-hydrogen) atoms. The lowest BCUT2D eigenvalue weighted by Gasteiger charge is -2.28. The molecule has 3 aromatic carbocycles. The molecule has 4 rings (SSSR count). The molecule has 162 valence electrons. The van der Waals surface area contributed by atoms with Gasteiger partial charge in [-0.2, -0.15) is 0 Å². The van der Waals surface area contributed by atoms with Crippen molar-refractivity contribution in [3.05, 3.63) is 76.9 Å². The zero-order valence-electron chi connectivity index (χ0n) is 18.3. The molecule has 0 unspecified atom stereocenters. The number of ether oxygens (including phenoxy) is 1. The number of carbonyl (C=O) groups excluding carboxylic acids is 3. The van der Waals surface area contributed by atoms with Gasteiger partial charge in [0.1, 0.15) is 11.3 Å². The molecule has 1 aliphatic heterocycles. The maximum atomic E-state index is 13.4. The van der Waals surface area contributed by atoms with E-state index in [9.17, 15) is 14.4 Å². The summed E-state index contributed by atoms with van der Waals surface area (Å²) in [7, 11) is 0. The molecule has 3 aromatic rings. The van der Waals surface area contributed by atoms with E-state index in [2.05, 4.69) is 5.32 Å². The largest absolute Gasteiger partial charge is 0.493 e. The smallest absolute Gasteiger partial charge is 0.335 e. The van der Waals surface area contributed by atoms with Gasteiger partial charge in [-0.1, -0.05) is 55.0 Å². The molecular formula is C26H24N2O4. The van der Waals surface area contributed by atoms with E-state index in [1.165, 1.54) is 6.08 Å². The van der Waals surface area contributed by atoms with E-state index in [-0.39, 0.29) is 5.57 Å². The lowest BCUT2D eigenvalue weighted by Crippen LogP contribution is -2.54. The first-order valence-electron chi connectivity index (χ1n) is 10.5. The standard InChI is InChI=1S/C26H24N2O4/c1-4-13-32-23-12-10-18-7-5-6-8-19(18)20(23)15-21-24(29)27-26(31)28(25(21)30)22-11-9-16(2)14-17(22)3/h5-12,14-15H,4,13H2,1-3H3,(H,27,29,31)/b21-15+. The van der Waals surface area contributed by atoms with Crippen molar-refractivity contribution in [2.75, 3.05) is 11.5 Å². The molecule has 4 amide bonds. The molecule has 1 saturated heterocycles. The molecule has 1 fully saturated rings. The summed E-state index contributed by atoms with van der Waals surface area (Å²) < 4.78 is 5.90. The van der Waals surface area contributed by atoms with Gasteiger partial charge in [0.25, 0.3) is 11.8 Å². The second-order valence-corrected chi connectivity index (χ2v) is 7.79. The average molecular weight is 428 g/mol. The molecule has 0 aliphatic carbocycles. The molecular weight excluding hydrogens is 404 g/mol. The number of urea groups is 1. The van der Waals surface area contributed by atoms with Crippen LogP contribution in [0.15, 0.2) is 60.2 Å². The molecule has 0 saturated carbocycles. The highest BCUT2D eigenvalue weighted by Crippen LogP contribution is 2.32. The fourth-order valence-corrected chi connectivity index (χ4v) is 3.84. The van der Waals surface area contributed by atoms with Crippen LogP contribution < -0.4 is 15.0 Å². The number of rotatable bonds is 5. The maximum absolute atomic E-state index is 13.4. The summed E-state index contributed by atoms with van der Waals surface area (Å²) in [4.78, 5) is 39.7. The highest BCUT2D eigenvalue weighted by molar-refractivity contribution is 6.39. The zero-order chi connectivity index (χ0) is 22.8. The van der Waals surface area contributed by atoms with E-state index in [0.29, 0.717) is 23.6 Å². The number of fused-ring (bicyclic) bond motifs is 1. The summed E-state index contributed by atoms with van der Waals surface area (Å²) in [5.41, 5.74) is 2.72. The fourth-order valence-electron chi connectivity index (χ4n) is 3.84. The van der Waals surface area contributed by atoms with E-state index in [1.54, 1.807) is 6.07 Å². The van der Waals surface area contributed by atoms with Gasteiger partial charge in [-0.3, -0.25) is 14.9 Å². The molecule has 1 aliphatic rings. The van der Waals surface area contributed by atoms with Crippen LogP contribution in [0.5, 0.6) is 5.75 Å². The number of aryl methyl sites for hydroxylation is 2. The van der Waals surface area contributed by atoms with E-state index in [0.717, 1.165) is 33.2 Å². The van der Waals surface area contributed by atoms with Crippen LogP contribution in [-0.2, 0) is 9.59 Å². The number of nitrogens with zero attached hydrogens (tertiary/aromatic N) is 1. The third-order valence-electron chi connectivity index (χ3n) is 5.38. The Labute approximate surface area is 186 Å². The summed E-state index contributed by atoms with van der Waals surface area (Å²) in [6, 6.07) is 16.1. The molecule has 0 aromatic heterocycles. The predicted molar refractivity (Wildman–Crippen MR) is 125 cm³/mol. The van der Waals surface area contributed by atoms with Crippen molar-refractivity contribution < 1.29 is 19.1 Å². The lowest BCUT2D eigenvalue weighted by molar-refractivity contribution is -0.122. The Morgan fingerprint density at radius 3 is 2.53 bits per heavy atom.